The zero-order chi connectivity index (χ0) is 11.3. The molecule has 0 fully saturated rings. The van der Waals surface area contributed by atoms with E-state index in [1.807, 2.05) is 20.9 Å². The van der Waals surface area contributed by atoms with Crippen molar-refractivity contribution in [3.8, 4) is 0 Å². The van der Waals surface area contributed by atoms with E-state index in [9.17, 15) is 5.11 Å². The molecule has 0 spiro atoms. The molecular weight excluding hydrogens is 192 g/mol. The largest absolute Gasteiger partial charge is 0.393 e. The summed E-state index contributed by atoms with van der Waals surface area (Å²) in [6, 6.07) is 0. The van der Waals surface area contributed by atoms with E-state index in [1.54, 1.807) is 10.9 Å². The number of aliphatic hydroxyl groups is 1. The fourth-order valence-electron chi connectivity index (χ4n) is 1.27. The Morgan fingerprint density at radius 3 is 2.80 bits per heavy atom. The number of nitrogens with one attached hydrogen (secondary N) is 1. The van der Waals surface area contributed by atoms with Gasteiger partial charge in [0.15, 0.2) is 0 Å². The van der Waals surface area contributed by atoms with Crippen LogP contribution in [0.3, 0.4) is 0 Å². The summed E-state index contributed by atoms with van der Waals surface area (Å²) in [7, 11) is 1.87. The van der Waals surface area contributed by atoms with E-state index in [0.29, 0.717) is 5.92 Å². The molecule has 2 N–H and O–H groups in total. The molecule has 0 aromatic carbocycles. The van der Waals surface area contributed by atoms with Crippen molar-refractivity contribution >= 4 is 0 Å². The van der Waals surface area contributed by atoms with Gasteiger partial charge in [-0.3, -0.25) is 4.68 Å². The van der Waals surface area contributed by atoms with Gasteiger partial charge in [-0.05, 0) is 18.9 Å². The van der Waals surface area contributed by atoms with E-state index < -0.39 is 0 Å². The van der Waals surface area contributed by atoms with Gasteiger partial charge in [-0.1, -0.05) is 19.1 Å². The van der Waals surface area contributed by atoms with Gasteiger partial charge < -0.3 is 10.4 Å². The molecule has 1 unspecified atom stereocenters. The summed E-state index contributed by atoms with van der Waals surface area (Å²) in [5.41, 5.74) is 1.05. The lowest BCUT2D eigenvalue weighted by atomic mass is 10.0. The van der Waals surface area contributed by atoms with E-state index in [4.69, 9.17) is 0 Å². The highest BCUT2D eigenvalue weighted by Crippen LogP contribution is 2.04. The van der Waals surface area contributed by atoms with E-state index in [2.05, 4.69) is 15.6 Å². The van der Waals surface area contributed by atoms with Crippen molar-refractivity contribution in [2.24, 2.45) is 13.0 Å². The fourth-order valence-corrected chi connectivity index (χ4v) is 1.27. The molecule has 0 radical (unpaired) electrons. The molecule has 5 nitrogen and oxygen atoms in total. The molecule has 86 valence electrons. The third-order valence-electron chi connectivity index (χ3n) is 2.50. The first-order chi connectivity index (χ1) is 7.11. The molecule has 5 heteroatoms. The smallest absolute Gasteiger partial charge is 0.0738 e. The maximum absolute atomic E-state index is 9.57. The van der Waals surface area contributed by atoms with Crippen molar-refractivity contribution in [2.45, 2.75) is 32.9 Å². The second-order valence-corrected chi connectivity index (χ2v) is 4.13. The maximum atomic E-state index is 9.57. The predicted octanol–water partition coefficient (Wildman–Crippen LogP) is 0.312. The van der Waals surface area contributed by atoms with Crippen molar-refractivity contribution in [1.29, 1.82) is 0 Å². The second-order valence-electron chi connectivity index (χ2n) is 4.13. The van der Waals surface area contributed by atoms with Gasteiger partial charge in [0.05, 0.1) is 18.0 Å². The lowest BCUT2D eigenvalue weighted by molar-refractivity contribution is 0.116. The number of rotatable bonds is 6. The highest BCUT2D eigenvalue weighted by Gasteiger charge is 2.08. The molecule has 0 aliphatic rings. The Bertz CT molecular complexity index is 285. The van der Waals surface area contributed by atoms with Crippen LogP contribution in [0.1, 0.15) is 26.0 Å². The van der Waals surface area contributed by atoms with Crippen molar-refractivity contribution in [3.05, 3.63) is 11.9 Å². The van der Waals surface area contributed by atoms with Crippen molar-refractivity contribution in [1.82, 2.24) is 20.3 Å². The molecule has 0 aliphatic carbocycles. The summed E-state index contributed by atoms with van der Waals surface area (Å²) in [6.45, 7) is 5.60. The monoisotopic (exact) mass is 212 g/mol. The molecule has 0 saturated heterocycles. The number of hydrogen-bond acceptors (Lipinski definition) is 4. The Balaban J connectivity index is 2.15. The Kier molecular flexibility index (Phi) is 4.71. The van der Waals surface area contributed by atoms with Gasteiger partial charge in [-0.25, -0.2) is 0 Å². The Morgan fingerprint density at radius 2 is 2.27 bits per heavy atom. The maximum Gasteiger partial charge on any atom is 0.0738 e. The van der Waals surface area contributed by atoms with Crippen LogP contribution < -0.4 is 5.32 Å². The summed E-state index contributed by atoms with van der Waals surface area (Å²) in [6.07, 6.45) is 2.30. The zero-order valence-electron chi connectivity index (χ0n) is 9.64. The molecule has 1 rings (SSSR count). The molecule has 0 aliphatic heterocycles. The first-order valence-corrected chi connectivity index (χ1v) is 5.33. The van der Waals surface area contributed by atoms with Crippen molar-refractivity contribution < 1.29 is 5.11 Å². The number of aliphatic hydroxyl groups excluding tert-OH is 1. The SMILES string of the molecule is CC(C)C(O)CCNCc1cnnn1C. The fraction of sp³-hybridized carbons (Fsp3) is 0.800. The summed E-state index contributed by atoms with van der Waals surface area (Å²) in [5, 5.41) is 20.4. The molecule has 15 heavy (non-hydrogen) atoms. The molecule has 0 amide bonds. The standard InChI is InChI=1S/C10H20N4O/c1-8(2)10(15)4-5-11-6-9-7-12-13-14(9)3/h7-8,10-11,15H,4-6H2,1-3H3. The zero-order valence-corrected chi connectivity index (χ0v) is 9.64. The van der Waals surface area contributed by atoms with Crippen LogP contribution in [0.25, 0.3) is 0 Å². The minimum Gasteiger partial charge on any atom is -0.393 e. The van der Waals surface area contributed by atoms with Gasteiger partial charge in [0.1, 0.15) is 0 Å². The summed E-state index contributed by atoms with van der Waals surface area (Å²) in [4.78, 5) is 0. The van der Waals surface area contributed by atoms with Crippen molar-refractivity contribution in [3.63, 3.8) is 0 Å². The second kappa shape index (κ2) is 5.82. The van der Waals surface area contributed by atoms with Gasteiger partial charge in [0.25, 0.3) is 0 Å². The molecule has 1 atom stereocenters. The quantitative estimate of drug-likeness (QED) is 0.666. The van der Waals surface area contributed by atoms with Crippen LogP contribution in [0, 0.1) is 5.92 Å². The Hall–Kier alpha value is -0.940. The van der Waals surface area contributed by atoms with Crippen LogP contribution in [0.2, 0.25) is 0 Å². The van der Waals surface area contributed by atoms with Crippen LogP contribution in [-0.4, -0.2) is 32.7 Å². The minimum atomic E-state index is -0.220. The molecular formula is C10H20N4O. The van der Waals surface area contributed by atoms with Crippen LogP contribution in [0.5, 0.6) is 0 Å². The van der Waals surface area contributed by atoms with E-state index in [-0.39, 0.29) is 6.10 Å². The summed E-state index contributed by atoms with van der Waals surface area (Å²) in [5.74, 6) is 0.324. The molecule has 1 aromatic heterocycles. The first kappa shape index (κ1) is 12.1. The summed E-state index contributed by atoms with van der Waals surface area (Å²) < 4.78 is 1.74. The van der Waals surface area contributed by atoms with Crippen LogP contribution in [0.4, 0.5) is 0 Å². The van der Waals surface area contributed by atoms with E-state index in [1.165, 1.54) is 0 Å². The molecule has 1 aromatic rings. The average Bonchev–Trinajstić information content (AvgIpc) is 2.58. The Labute approximate surface area is 90.5 Å². The molecule has 1 heterocycles. The van der Waals surface area contributed by atoms with Crippen LogP contribution in [-0.2, 0) is 13.6 Å². The lowest BCUT2D eigenvalue weighted by Gasteiger charge is -2.14. The van der Waals surface area contributed by atoms with Gasteiger partial charge in [-0.2, -0.15) is 0 Å². The Morgan fingerprint density at radius 1 is 1.53 bits per heavy atom. The number of nitrogens with zero attached hydrogens (tertiary/aromatic N) is 3. The van der Waals surface area contributed by atoms with Crippen molar-refractivity contribution in [2.75, 3.05) is 6.54 Å². The molecule has 0 bridgehead atoms. The van der Waals surface area contributed by atoms with Crippen LogP contribution >= 0.6 is 0 Å². The average molecular weight is 212 g/mol. The minimum absolute atomic E-state index is 0.220. The number of aromatic nitrogens is 3. The third kappa shape index (κ3) is 3.97. The number of aryl methyl sites for hydroxylation is 1. The van der Waals surface area contributed by atoms with Gasteiger partial charge in [-0.15, -0.1) is 5.10 Å². The molecule has 0 saturated carbocycles. The lowest BCUT2D eigenvalue weighted by Crippen LogP contribution is -2.24. The first-order valence-electron chi connectivity index (χ1n) is 5.33. The van der Waals surface area contributed by atoms with Gasteiger partial charge in [0.2, 0.25) is 0 Å². The highest BCUT2D eigenvalue weighted by atomic mass is 16.3. The normalized spacial score (nSPS) is 13.4. The topological polar surface area (TPSA) is 63.0 Å². The number of hydrogen-bond donors (Lipinski definition) is 2. The van der Waals surface area contributed by atoms with Gasteiger partial charge in [0, 0.05) is 13.6 Å². The van der Waals surface area contributed by atoms with E-state index >= 15 is 0 Å². The third-order valence-corrected chi connectivity index (χ3v) is 2.50. The summed E-state index contributed by atoms with van der Waals surface area (Å²) >= 11 is 0. The van der Waals surface area contributed by atoms with E-state index in [0.717, 1.165) is 25.2 Å². The highest BCUT2D eigenvalue weighted by molar-refractivity contribution is 4.91. The van der Waals surface area contributed by atoms with Gasteiger partial charge >= 0.3 is 0 Å². The van der Waals surface area contributed by atoms with Crippen LogP contribution in [0.15, 0.2) is 6.20 Å². The predicted molar refractivity (Wildman–Crippen MR) is 58.2 cm³/mol.